The molecule has 4 amide bonds. The number of hydrogen-bond acceptors (Lipinski definition) is 5. The van der Waals surface area contributed by atoms with Crippen LogP contribution in [0.25, 0.3) is 6.08 Å². The number of nitrogens with zero attached hydrogens (tertiary/aromatic N) is 1. The van der Waals surface area contributed by atoms with E-state index < -0.39 is 17.8 Å². The van der Waals surface area contributed by atoms with Gasteiger partial charge in [-0.05, 0) is 59.7 Å². The number of halogens is 2. The molecule has 0 bridgehead atoms. The number of nitrogens with one attached hydrogen (secondary N) is 1. The molecule has 0 radical (unpaired) electrons. The van der Waals surface area contributed by atoms with Crippen LogP contribution in [0.5, 0.6) is 11.5 Å². The van der Waals surface area contributed by atoms with Crippen molar-refractivity contribution in [2.75, 3.05) is 4.90 Å². The average molecular weight is 573 g/mol. The molecular formula is C31H22Cl2N2O5. The Morgan fingerprint density at radius 2 is 1.43 bits per heavy atom. The number of ether oxygens (including phenoxy) is 2. The molecule has 0 atom stereocenters. The maximum atomic E-state index is 13.4. The molecule has 1 aliphatic heterocycles. The highest BCUT2D eigenvalue weighted by Gasteiger charge is 2.37. The topological polar surface area (TPSA) is 84.9 Å². The number of benzene rings is 4. The summed E-state index contributed by atoms with van der Waals surface area (Å²) >= 11 is 12.1. The van der Waals surface area contributed by atoms with Crippen LogP contribution in [0.3, 0.4) is 0 Å². The molecule has 5 rings (SSSR count). The van der Waals surface area contributed by atoms with E-state index in [4.69, 9.17) is 32.7 Å². The number of para-hydroxylation sites is 1. The van der Waals surface area contributed by atoms with E-state index in [2.05, 4.69) is 5.32 Å². The molecule has 0 spiro atoms. The molecule has 0 saturated carbocycles. The highest BCUT2D eigenvalue weighted by molar-refractivity contribution is 6.42. The van der Waals surface area contributed by atoms with Crippen molar-refractivity contribution < 1.29 is 23.9 Å². The Bertz CT molecular complexity index is 1600. The number of hydrogen-bond donors (Lipinski definition) is 1. The minimum Gasteiger partial charge on any atom is -0.489 e. The molecule has 4 aromatic carbocycles. The zero-order valence-corrected chi connectivity index (χ0v) is 22.5. The van der Waals surface area contributed by atoms with Crippen molar-refractivity contribution in [3.05, 3.63) is 129 Å². The molecule has 4 aromatic rings. The normalized spacial score (nSPS) is 14.3. The van der Waals surface area contributed by atoms with Gasteiger partial charge in [-0.3, -0.25) is 14.9 Å². The summed E-state index contributed by atoms with van der Waals surface area (Å²) in [5, 5.41) is 3.08. The predicted octanol–water partition coefficient (Wildman–Crippen LogP) is 6.82. The highest BCUT2D eigenvalue weighted by Crippen LogP contribution is 2.28. The Kier molecular flexibility index (Phi) is 8.15. The Morgan fingerprint density at radius 1 is 0.725 bits per heavy atom. The largest absolute Gasteiger partial charge is 0.489 e. The van der Waals surface area contributed by atoms with Crippen molar-refractivity contribution >= 4 is 52.8 Å². The van der Waals surface area contributed by atoms with Crippen LogP contribution in [0.15, 0.2) is 103 Å². The van der Waals surface area contributed by atoms with Crippen molar-refractivity contribution in [1.29, 1.82) is 0 Å². The SMILES string of the molecule is O=C1NC(=O)N(c2ccc(OCc3ccccc3)cc2)C(=O)/C1=C/c1ccccc1OCc1ccc(Cl)c(Cl)c1. The van der Waals surface area contributed by atoms with E-state index in [1.807, 2.05) is 30.3 Å². The number of urea groups is 1. The van der Waals surface area contributed by atoms with E-state index in [9.17, 15) is 14.4 Å². The van der Waals surface area contributed by atoms with Gasteiger partial charge in [-0.15, -0.1) is 0 Å². The lowest BCUT2D eigenvalue weighted by Gasteiger charge is -2.26. The fourth-order valence-electron chi connectivity index (χ4n) is 4.00. The summed E-state index contributed by atoms with van der Waals surface area (Å²) in [5.41, 5.74) is 2.36. The number of carbonyl (C=O) groups excluding carboxylic acids is 3. The fourth-order valence-corrected chi connectivity index (χ4v) is 4.32. The van der Waals surface area contributed by atoms with Crippen LogP contribution in [0.1, 0.15) is 16.7 Å². The molecule has 9 heteroatoms. The average Bonchev–Trinajstić information content (AvgIpc) is 2.96. The second kappa shape index (κ2) is 12.1. The first-order chi connectivity index (χ1) is 19.4. The standard InChI is InChI=1S/C31H22Cl2N2O5/c32-26-15-10-21(16-27(26)33)19-40-28-9-5-4-8-22(28)17-25-29(36)34-31(38)35(30(25)37)23-11-13-24(14-12-23)39-18-20-6-2-1-3-7-20/h1-17H,18-19H2,(H,34,36,38)/b25-17+. The molecule has 7 nitrogen and oxygen atoms in total. The molecule has 200 valence electrons. The van der Waals surface area contributed by atoms with E-state index in [1.54, 1.807) is 66.7 Å². The third-order valence-electron chi connectivity index (χ3n) is 6.04. The summed E-state index contributed by atoms with van der Waals surface area (Å²) in [4.78, 5) is 39.6. The summed E-state index contributed by atoms with van der Waals surface area (Å²) in [7, 11) is 0. The lowest BCUT2D eigenvalue weighted by molar-refractivity contribution is -0.122. The van der Waals surface area contributed by atoms with E-state index >= 15 is 0 Å². The third-order valence-corrected chi connectivity index (χ3v) is 6.78. The smallest absolute Gasteiger partial charge is 0.335 e. The second-order valence-electron chi connectivity index (χ2n) is 8.80. The summed E-state index contributed by atoms with van der Waals surface area (Å²) < 4.78 is 11.7. The summed E-state index contributed by atoms with van der Waals surface area (Å²) in [6.07, 6.45) is 1.40. The Morgan fingerprint density at radius 3 is 2.17 bits per heavy atom. The van der Waals surface area contributed by atoms with Crippen LogP contribution in [0.2, 0.25) is 10.0 Å². The van der Waals surface area contributed by atoms with Crippen LogP contribution < -0.4 is 19.7 Å². The minimum atomic E-state index is -0.839. The van der Waals surface area contributed by atoms with Crippen LogP contribution in [0, 0.1) is 0 Å². The number of anilines is 1. The maximum absolute atomic E-state index is 13.4. The molecule has 0 aromatic heterocycles. The van der Waals surface area contributed by atoms with Crippen LogP contribution >= 0.6 is 23.2 Å². The Hall–Kier alpha value is -4.59. The Labute approximate surface area is 240 Å². The number of rotatable bonds is 8. The second-order valence-corrected chi connectivity index (χ2v) is 9.62. The molecule has 1 N–H and O–H groups in total. The number of carbonyl (C=O) groups is 3. The monoisotopic (exact) mass is 572 g/mol. The van der Waals surface area contributed by atoms with Gasteiger partial charge in [0.15, 0.2) is 0 Å². The lowest BCUT2D eigenvalue weighted by Crippen LogP contribution is -2.54. The van der Waals surface area contributed by atoms with E-state index in [0.29, 0.717) is 33.7 Å². The highest BCUT2D eigenvalue weighted by atomic mass is 35.5. The first-order valence-electron chi connectivity index (χ1n) is 12.2. The van der Waals surface area contributed by atoms with Gasteiger partial charge in [0.25, 0.3) is 11.8 Å². The third kappa shape index (κ3) is 6.17. The molecule has 0 aliphatic carbocycles. The Balaban J connectivity index is 1.34. The van der Waals surface area contributed by atoms with Gasteiger partial charge in [-0.25, -0.2) is 9.69 Å². The van der Waals surface area contributed by atoms with E-state index in [1.165, 1.54) is 6.08 Å². The van der Waals surface area contributed by atoms with Crippen molar-refractivity contribution in [2.24, 2.45) is 0 Å². The number of imide groups is 2. The van der Waals surface area contributed by atoms with Gasteiger partial charge in [0.1, 0.15) is 30.3 Å². The van der Waals surface area contributed by atoms with Crippen molar-refractivity contribution in [1.82, 2.24) is 5.32 Å². The van der Waals surface area contributed by atoms with Crippen LogP contribution in [-0.4, -0.2) is 17.8 Å². The maximum Gasteiger partial charge on any atom is 0.335 e. The number of amides is 4. The van der Waals surface area contributed by atoms with Crippen molar-refractivity contribution in [2.45, 2.75) is 13.2 Å². The first kappa shape index (κ1) is 27.0. The minimum absolute atomic E-state index is 0.181. The summed E-state index contributed by atoms with van der Waals surface area (Å²) in [6.45, 7) is 0.553. The van der Waals surface area contributed by atoms with Gasteiger partial charge in [-0.1, -0.05) is 77.8 Å². The lowest BCUT2D eigenvalue weighted by atomic mass is 10.1. The molecule has 1 fully saturated rings. The molecule has 1 saturated heterocycles. The van der Waals surface area contributed by atoms with E-state index in [0.717, 1.165) is 16.0 Å². The first-order valence-corrected chi connectivity index (χ1v) is 13.0. The molecule has 1 heterocycles. The molecule has 1 aliphatic rings. The quantitative estimate of drug-likeness (QED) is 0.185. The summed E-state index contributed by atoms with van der Waals surface area (Å²) in [5.74, 6) is -0.554. The van der Waals surface area contributed by atoms with E-state index in [-0.39, 0.29) is 17.9 Å². The van der Waals surface area contributed by atoms with Gasteiger partial charge in [-0.2, -0.15) is 0 Å². The molecule has 0 unspecified atom stereocenters. The van der Waals surface area contributed by atoms with Gasteiger partial charge in [0.05, 0.1) is 15.7 Å². The molecule has 40 heavy (non-hydrogen) atoms. The zero-order valence-electron chi connectivity index (χ0n) is 21.0. The molecular weight excluding hydrogens is 551 g/mol. The summed E-state index contributed by atoms with van der Waals surface area (Å²) in [6, 6.07) is 27.4. The van der Waals surface area contributed by atoms with Gasteiger partial charge < -0.3 is 9.47 Å². The predicted molar refractivity (Wildman–Crippen MR) is 153 cm³/mol. The van der Waals surface area contributed by atoms with Crippen LogP contribution in [0.4, 0.5) is 10.5 Å². The van der Waals surface area contributed by atoms with Crippen molar-refractivity contribution in [3.63, 3.8) is 0 Å². The van der Waals surface area contributed by atoms with Crippen molar-refractivity contribution in [3.8, 4) is 11.5 Å². The number of barbiturate groups is 1. The fraction of sp³-hybridized carbons (Fsp3) is 0.0645. The zero-order chi connectivity index (χ0) is 28.1. The van der Waals surface area contributed by atoms with Gasteiger partial charge in [0, 0.05) is 5.56 Å². The van der Waals surface area contributed by atoms with Gasteiger partial charge >= 0.3 is 6.03 Å². The van der Waals surface area contributed by atoms with Gasteiger partial charge in [0.2, 0.25) is 0 Å². The van der Waals surface area contributed by atoms with Crippen LogP contribution in [-0.2, 0) is 22.8 Å².